The van der Waals surface area contributed by atoms with Gasteiger partial charge in [0.25, 0.3) is 5.91 Å². The van der Waals surface area contributed by atoms with Crippen molar-refractivity contribution in [1.29, 1.82) is 0 Å². The van der Waals surface area contributed by atoms with E-state index in [4.69, 9.17) is 4.74 Å². The molecule has 0 fully saturated rings. The lowest BCUT2D eigenvalue weighted by atomic mass is 10.0. The van der Waals surface area contributed by atoms with Crippen molar-refractivity contribution in [2.75, 3.05) is 0 Å². The molecule has 0 aliphatic heterocycles. The Balaban J connectivity index is 1.61. The largest absolute Gasteiger partial charge is 0.481 e. The van der Waals surface area contributed by atoms with E-state index in [1.54, 1.807) is 6.92 Å². The van der Waals surface area contributed by atoms with Gasteiger partial charge in [-0.25, -0.2) is 0 Å². The number of rotatable bonds is 5. The molecule has 3 rings (SSSR count). The van der Waals surface area contributed by atoms with Crippen LogP contribution in [-0.4, -0.2) is 12.0 Å². The fraction of sp³-hybridized carbons (Fsp3) is 0.381. The summed E-state index contributed by atoms with van der Waals surface area (Å²) in [5.41, 5.74) is 5.16. The lowest BCUT2D eigenvalue weighted by Crippen LogP contribution is -2.37. The zero-order valence-corrected chi connectivity index (χ0v) is 14.6. The molecule has 2 atom stereocenters. The summed E-state index contributed by atoms with van der Waals surface area (Å²) >= 11 is 0. The van der Waals surface area contributed by atoms with Gasteiger partial charge in [0.05, 0.1) is 6.04 Å². The lowest BCUT2D eigenvalue weighted by Gasteiger charge is -2.20. The summed E-state index contributed by atoms with van der Waals surface area (Å²) in [5.74, 6) is 0.632. The molecule has 1 amide bonds. The predicted octanol–water partition coefficient (Wildman–Crippen LogP) is 4.13. The first kappa shape index (κ1) is 16.6. The van der Waals surface area contributed by atoms with Crippen molar-refractivity contribution in [3.63, 3.8) is 0 Å². The first-order chi connectivity index (χ1) is 11.5. The van der Waals surface area contributed by atoms with Crippen molar-refractivity contribution in [3.8, 4) is 5.75 Å². The number of ether oxygens (including phenoxy) is 1. The van der Waals surface area contributed by atoms with Gasteiger partial charge in [-0.1, -0.05) is 30.3 Å². The predicted molar refractivity (Wildman–Crippen MR) is 96.3 cm³/mol. The first-order valence-corrected chi connectivity index (χ1v) is 8.68. The Hall–Kier alpha value is -2.29. The number of hydrogen-bond acceptors (Lipinski definition) is 2. The average Bonchev–Trinajstić information content (AvgIpc) is 3.02. The average molecular weight is 323 g/mol. The van der Waals surface area contributed by atoms with E-state index in [-0.39, 0.29) is 11.9 Å². The van der Waals surface area contributed by atoms with Crippen molar-refractivity contribution in [2.24, 2.45) is 0 Å². The molecule has 0 spiro atoms. The van der Waals surface area contributed by atoms with Crippen LogP contribution in [0.5, 0.6) is 5.75 Å². The first-order valence-electron chi connectivity index (χ1n) is 8.68. The molecule has 0 unspecified atom stereocenters. The van der Waals surface area contributed by atoms with E-state index in [1.165, 1.54) is 24.0 Å². The number of hydrogen-bond donors (Lipinski definition) is 1. The van der Waals surface area contributed by atoms with Gasteiger partial charge in [0, 0.05) is 0 Å². The number of carbonyl (C=O) groups excluding carboxylic acids is 1. The maximum atomic E-state index is 12.4. The minimum atomic E-state index is -0.524. The molecular formula is C21H25NO2. The van der Waals surface area contributed by atoms with Crippen molar-refractivity contribution in [1.82, 2.24) is 5.32 Å². The second-order valence-corrected chi connectivity index (χ2v) is 6.69. The fourth-order valence-electron chi connectivity index (χ4n) is 3.22. The van der Waals surface area contributed by atoms with E-state index in [0.29, 0.717) is 0 Å². The molecule has 2 aromatic rings. The van der Waals surface area contributed by atoms with Crippen molar-refractivity contribution >= 4 is 5.91 Å². The molecule has 3 nitrogen and oxygen atoms in total. The van der Waals surface area contributed by atoms with Crippen LogP contribution in [0.25, 0.3) is 0 Å². The number of amides is 1. The van der Waals surface area contributed by atoms with Gasteiger partial charge in [0.2, 0.25) is 0 Å². The third-order valence-electron chi connectivity index (χ3n) is 4.65. The molecule has 0 bridgehead atoms. The SMILES string of the molecule is Cc1cccc(O[C@H](C)C(=O)N[C@@H](C)c2ccc3c(c2)CCC3)c1. The molecule has 0 aromatic heterocycles. The number of nitrogens with one attached hydrogen (secondary N) is 1. The molecule has 126 valence electrons. The zero-order valence-electron chi connectivity index (χ0n) is 14.6. The lowest BCUT2D eigenvalue weighted by molar-refractivity contribution is -0.127. The summed E-state index contributed by atoms with van der Waals surface area (Å²) in [6.07, 6.45) is 3.04. The van der Waals surface area contributed by atoms with Crippen LogP contribution in [0.4, 0.5) is 0 Å². The maximum absolute atomic E-state index is 12.4. The zero-order chi connectivity index (χ0) is 17.1. The van der Waals surface area contributed by atoms with Gasteiger partial charge in [-0.2, -0.15) is 0 Å². The molecule has 1 N–H and O–H groups in total. The molecule has 2 aromatic carbocycles. The summed E-state index contributed by atoms with van der Waals surface area (Å²) in [6, 6.07) is 14.3. The normalized spacial score (nSPS) is 15.5. The highest BCUT2D eigenvalue weighted by Crippen LogP contribution is 2.25. The summed E-state index contributed by atoms with van der Waals surface area (Å²) in [6.45, 7) is 5.81. The Morgan fingerprint density at radius 2 is 1.88 bits per heavy atom. The summed E-state index contributed by atoms with van der Waals surface area (Å²) in [7, 11) is 0. The molecule has 1 aliphatic rings. The smallest absolute Gasteiger partial charge is 0.261 e. The van der Waals surface area contributed by atoms with Crippen molar-refractivity contribution in [2.45, 2.75) is 52.2 Å². The Bertz CT molecular complexity index is 738. The number of aryl methyl sites for hydroxylation is 3. The van der Waals surface area contributed by atoms with E-state index < -0.39 is 6.10 Å². The highest BCUT2D eigenvalue weighted by atomic mass is 16.5. The van der Waals surface area contributed by atoms with E-state index >= 15 is 0 Å². The second-order valence-electron chi connectivity index (χ2n) is 6.69. The maximum Gasteiger partial charge on any atom is 0.261 e. The minimum absolute atomic E-state index is 0.0213. The standard InChI is InChI=1S/C21H25NO2/c1-14-6-4-9-20(12-14)24-16(3)21(23)22-15(2)18-11-10-17-7-5-8-19(17)13-18/h4,6,9-13,15-16H,5,7-8H2,1-3H3,(H,22,23)/t15-,16+/m0/s1. The van der Waals surface area contributed by atoms with Gasteiger partial charge >= 0.3 is 0 Å². The third-order valence-corrected chi connectivity index (χ3v) is 4.65. The second kappa shape index (κ2) is 7.08. The summed E-state index contributed by atoms with van der Waals surface area (Å²) in [5, 5.41) is 3.06. The molecule has 0 saturated heterocycles. The van der Waals surface area contributed by atoms with Gasteiger partial charge < -0.3 is 10.1 Å². The fourth-order valence-corrected chi connectivity index (χ4v) is 3.22. The van der Waals surface area contributed by atoms with Crippen LogP contribution in [0, 0.1) is 6.92 Å². The number of carbonyl (C=O) groups is 1. The van der Waals surface area contributed by atoms with Gasteiger partial charge in [-0.15, -0.1) is 0 Å². The number of fused-ring (bicyclic) bond motifs is 1. The summed E-state index contributed by atoms with van der Waals surface area (Å²) < 4.78 is 5.76. The van der Waals surface area contributed by atoms with E-state index in [9.17, 15) is 4.79 Å². The Morgan fingerprint density at radius 3 is 2.67 bits per heavy atom. The Morgan fingerprint density at radius 1 is 1.08 bits per heavy atom. The molecule has 0 radical (unpaired) electrons. The van der Waals surface area contributed by atoms with Gasteiger partial charge in [0.1, 0.15) is 5.75 Å². The van der Waals surface area contributed by atoms with Crippen LogP contribution in [0.15, 0.2) is 42.5 Å². The number of benzene rings is 2. The van der Waals surface area contributed by atoms with Crippen LogP contribution in [0.1, 0.15) is 48.6 Å². The highest BCUT2D eigenvalue weighted by molar-refractivity contribution is 5.81. The van der Waals surface area contributed by atoms with Gasteiger partial charge in [-0.3, -0.25) is 4.79 Å². The van der Waals surface area contributed by atoms with E-state index in [0.717, 1.165) is 23.3 Å². The molecule has 1 aliphatic carbocycles. The van der Waals surface area contributed by atoms with E-state index in [2.05, 4.69) is 23.5 Å². The minimum Gasteiger partial charge on any atom is -0.481 e. The third kappa shape index (κ3) is 3.78. The molecular weight excluding hydrogens is 298 g/mol. The van der Waals surface area contributed by atoms with Gasteiger partial charge in [-0.05, 0) is 74.4 Å². The van der Waals surface area contributed by atoms with Crippen LogP contribution < -0.4 is 10.1 Å². The van der Waals surface area contributed by atoms with Crippen LogP contribution in [0.3, 0.4) is 0 Å². The van der Waals surface area contributed by atoms with Crippen LogP contribution in [-0.2, 0) is 17.6 Å². The monoisotopic (exact) mass is 323 g/mol. The Labute approximate surface area is 144 Å². The molecule has 0 heterocycles. The molecule has 24 heavy (non-hydrogen) atoms. The molecule has 0 saturated carbocycles. The summed E-state index contributed by atoms with van der Waals surface area (Å²) in [4.78, 5) is 12.4. The van der Waals surface area contributed by atoms with Crippen molar-refractivity contribution < 1.29 is 9.53 Å². The van der Waals surface area contributed by atoms with Crippen LogP contribution >= 0.6 is 0 Å². The van der Waals surface area contributed by atoms with E-state index in [1.807, 2.05) is 38.1 Å². The Kier molecular flexibility index (Phi) is 4.89. The van der Waals surface area contributed by atoms with Crippen molar-refractivity contribution in [3.05, 3.63) is 64.7 Å². The van der Waals surface area contributed by atoms with Crippen LogP contribution in [0.2, 0.25) is 0 Å². The topological polar surface area (TPSA) is 38.3 Å². The quantitative estimate of drug-likeness (QED) is 0.898. The molecule has 3 heteroatoms. The highest BCUT2D eigenvalue weighted by Gasteiger charge is 2.19. The van der Waals surface area contributed by atoms with Gasteiger partial charge in [0.15, 0.2) is 6.10 Å².